The van der Waals surface area contributed by atoms with Crippen LogP contribution in [0.4, 0.5) is 0 Å². The summed E-state index contributed by atoms with van der Waals surface area (Å²) in [5, 5.41) is 3.18. The maximum Gasteiger partial charge on any atom is 0.251 e. The van der Waals surface area contributed by atoms with Gasteiger partial charge in [0.1, 0.15) is 0 Å². The fourth-order valence-corrected chi connectivity index (χ4v) is 3.57. The van der Waals surface area contributed by atoms with Crippen molar-refractivity contribution in [1.82, 2.24) is 15.2 Å². The molecule has 2 aromatic rings. The molecule has 1 aliphatic heterocycles. The lowest BCUT2D eigenvalue weighted by Gasteiger charge is -2.35. The van der Waals surface area contributed by atoms with Crippen molar-refractivity contribution in [3.63, 3.8) is 0 Å². The van der Waals surface area contributed by atoms with Crippen LogP contribution in [0.15, 0.2) is 23.7 Å². The van der Waals surface area contributed by atoms with E-state index in [0.717, 1.165) is 41.7 Å². The van der Waals surface area contributed by atoms with Gasteiger partial charge in [0.05, 0.1) is 15.7 Å². The maximum atomic E-state index is 12.4. The fraction of sp³-hybridized carbons (Fsp3) is 0.500. The highest BCUT2D eigenvalue weighted by Gasteiger charge is 2.23. The molecule has 0 unspecified atom stereocenters. The Morgan fingerprint density at radius 1 is 1.48 bits per heavy atom. The molecule has 1 amide bonds. The van der Waals surface area contributed by atoms with Crippen molar-refractivity contribution in [2.75, 3.05) is 13.1 Å². The molecule has 1 fully saturated rings. The van der Waals surface area contributed by atoms with Gasteiger partial charge in [0.25, 0.3) is 5.91 Å². The predicted octanol–water partition coefficient (Wildman–Crippen LogP) is 2.90. The largest absolute Gasteiger partial charge is 0.348 e. The predicted molar refractivity (Wildman–Crippen MR) is 86.8 cm³/mol. The molecule has 1 N–H and O–H groups in total. The van der Waals surface area contributed by atoms with Gasteiger partial charge < -0.3 is 5.32 Å². The second kappa shape index (κ2) is 6.12. The Morgan fingerprint density at radius 3 is 3.14 bits per heavy atom. The van der Waals surface area contributed by atoms with Crippen molar-refractivity contribution in [3.05, 3.63) is 29.3 Å². The van der Waals surface area contributed by atoms with Crippen molar-refractivity contribution in [1.29, 1.82) is 0 Å². The highest BCUT2D eigenvalue weighted by atomic mass is 32.1. The van der Waals surface area contributed by atoms with Crippen LogP contribution in [-0.2, 0) is 0 Å². The Labute approximate surface area is 129 Å². The third-order valence-electron chi connectivity index (χ3n) is 4.11. The normalized spacial score (nSPS) is 20.0. The molecule has 1 aliphatic rings. The van der Waals surface area contributed by atoms with Crippen LogP contribution in [0.25, 0.3) is 10.2 Å². The van der Waals surface area contributed by atoms with Gasteiger partial charge in [0, 0.05) is 24.2 Å². The molecule has 1 saturated heterocycles. The SMILES string of the molecule is CC(C)N1CCC[C@@H](NC(=O)c2ccc3ncsc3c2)C1. The lowest BCUT2D eigenvalue weighted by atomic mass is 10.0. The molecule has 21 heavy (non-hydrogen) atoms. The second-order valence-electron chi connectivity index (χ2n) is 5.94. The van der Waals surface area contributed by atoms with Gasteiger partial charge >= 0.3 is 0 Å². The topological polar surface area (TPSA) is 45.2 Å². The molecule has 112 valence electrons. The number of nitrogens with one attached hydrogen (secondary N) is 1. The van der Waals surface area contributed by atoms with Gasteiger partial charge in [-0.3, -0.25) is 9.69 Å². The Kier molecular flexibility index (Phi) is 4.22. The van der Waals surface area contributed by atoms with E-state index in [2.05, 4.69) is 29.0 Å². The minimum absolute atomic E-state index is 0.0286. The molecule has 0 radical (unpaired) electrons. The standard InChI is InChI=1S/C16H21N3OS/c1-11(2)19-7-3-4-13(9-19)18-16(20)12-5-6-14-15(8-12)21-10-17-14/h5-6,8,10-11,13H,3-4,7,9H2,1-2H3,(H,18,20)/t13-/m1/s1. The van der Waals surface area contributed by atoms with Crippen molar-refractivity contribution in [3.8, 4) is 0 Å². The van der Waals surface area contributed by atoms with E-state index in [4.69, 9.17) is 0 Å². The monoisotopic (exact) mass is 303 g/mol. The van der Waals surface area contributed by atoms with E-state index in [9.17, 15) is 4.79 Å². The van der Waals surface area contributed by atoms with Crippen LogP contribution in [0.5, 0.6) is 0 Å². The van der Waals surface area contributed by atoms with E-state index < -0.39 is 0 Å². The molecular weight excluding hydrogens is 282 g/mol. The number of hydrogen-bond acceptors (Lipinski definition) is 4. The zero-order valence-electron chi connectivity index (χ0n) is 12.5. The van der Waals surface area contributed by atoms with Gasteiger partial charge in [-0.15, -0.1) is 11.3 Å². The first-order valence-electron chi connectivity index (χ1n) is 7.51. The number of benzene rings is 1. The van der Waals surface area contributed by atoms with E-state index in [0.29, 0.717) is 6.04 Å². The molecule has 0 bridgehead atoms. The van der Waals surface area contributed by atoms with E-state index in [1.807, 2.05) is 23.7 Å². The molecule has 0 spiro atoms. The molecule has 5 heteroatoms. The Morgan fingerprint density at radius 2 is 2.33 bits per heavy atom. The number of fused-ring (bicyclic) bond motifs is 1. The fourth-order valence-electron chi connectivity index (χ4n) is 2.86. The van der Waals surface area contributed by atoms with Crippen LogP contribution in [0.2, 0.25) is 0 Å². The zero-order valence-corrected chi connectivity index (χ0v) is 13.3. The Bertz CT molecular complexity index is 637. The molecule has 2 heterocycles. The number of piperidine rings is 1. The summed E-state index contributed by atoms with van der Waals surface area (Å²) in [5.41, 5.74) is 3.50. The van der Waals surface area contributed by atoms with Gasteiger partial charge in [-0.2, -0.15) is 0 Å². The number of rotatable bonds is 3. The molecule has 4 nitrogen and oxygen atoms in total. The van der Waals surface area contributed by atoms with Crippen LogP contribution < -0.4 is 5.32 Å². The van der Waals surface area contributed by atoms with E-state index in [-0.39, 0.29) is 11.9 Å². The molecule has 0 aliphatic carbocycles. The van der Waals surface area contributed by atoms with Gasteiger partial charge in [0.15, 0.2) is 0 Å². The van der Waals surface area contributed by atoms with Gasteiger partial charge in [-0.25, -0.2) is 4.98 Å². The highest BCUT2D eigenvalue weighted by molar-refractivity contribution is 7.16. The highest BCUT2D eigenvalue weighted by Crippen LogP contribution is 2.19. The number of hydrogen-bond donors (Lipinski definition) is 1. The third kappa shape index (κ3) is 3.24. The Balaban J connectivity index is 1.67. The summed E-state index contributed by atoms with van der Waals surface area (Å²) in [7, 11) is 0. The lowest BCUT2D eigenvalue weighted by Crippen LogP contribution is -2.49. The molecule has 3 rings (SSSR count). The Hall–Kier alpha value is -1.46. The molecular formula is C16H21N3OS. The van der Waals surface area contributed by atoms with Crippen LogP contribution >= 0.6 is 11.3 Å². The summed E-state index contributed by atoms with van der Waals surface area (Å²) in [5.74, 6) is 0.0286. The first-order chi connectivity index (χ1) is 10.1. The minimum Gasteiger partial charge on any atom is -0.348 e. The van der Waals surface area contributed by atoms with Gasteiger partial charge in [-0.05, 0) is 51.4 Å². The third-order valence-corrected chi connectivity index (χ3v) is 4.90. The first-order valence-corrected chi connectivity index (χ1v) is 8.39. The summed E-state index contributed by atoms with van der Waals surface area (Å²) < 4.78 is 1.06. The molecule has 1 atom stereocenters. The smallest absolute Gasteiger partial charge is 0.251 e. The van der Waals surface area contributed by atoms with Crippen LogP contribution in [0.1, 0.15) is 37.0 Å². The number of amides is 1. The summed E-state index contributed by atoms with van der Waals surface area (Å²) in [6, 6.07) is 6.51. The van der Waals surface area contributed by atoms with Crippen LogP contribution in [-0.4, -0.2) is 41.0 Å². The molecule has 1 aromatic heterocycles. The van der Waals surface area contributed by atoms with Gasteiger partial charge in [0.2, 0.25) is 0 Å². The number of aromatic nitrogens is 1. The summed E-state index contributed by atoms with van der Waals surface area (Å²) >= 11 is 1.57. The second-order valence-corrected chi connectivity index (χ2v) is 6.82. The summed E-state index contributed by atoms with van der Waals surface area (Å²) in [6.45, 7) is 6.51. The average molecular weight is 303 g/mol. The van der Waals surface area contributed by atoms with Gasteiger partial charge in [-0.1, -0.05) is 0 Å². The first kappa shape index (κ1) is 14.5. The average Bonchev–Trinajstić information content (AvgIpc) is 2.94. The van der Waals surface area contributed by atoms with Crippen molar-refractivity contribution in [2.24, 2.45) is 0 Å². The van der Waals surface area contributed by atoms with Crippen molar-refractivity contribution < 1.29 is 4.79 Å². The number of carbonyl (C=O) groups is 1. The molecule has 0 saturated carbocycles. The van der Waals surface area contributed by atoms with E-state index in [1.54, 1.807) is 11.3 Å². The van der Waals surface area contributed by atoms with Crippen molar-refractivity contribution >= 4 is 27.5 Å². The van der Waals surface area contributed by atoms with Crippen molar-refractivity contribution in [2.45, 2.75) is 38.8 Å². The quantitative estimate of drug-likeness (QED) is 0.948. The summed E-state index contributed by atoms with van der Waals surface area (Å²) in [4.78, 5) is 19.1. The minimum atomic E-state index is 0.0286. The summed E-state index contributed by atoms with van der Waals surface area (Å²) in [6.07, 6.45) is 2.22. The number of thiazole rings is 1. The lowest BCUT2D eigenvalue weighted by molar-refractivity contribution is 0.0886. The van der Waals surface area contributed by atoms with Crippen LogP contribution in [0, 0.1) is 0 Å². The van der Waals surface area contributed by atoms with E-state index in [1.165, 1.54) is 0 Å². The zero-order chi connectivity index (χ0) is 14.8. The van der Waals surface area contributed by atoms with E-state index >= 15 is 0 Å². The molecule has 1 aromatic carbocycles. The number of nitrogens with zero attached hydrogens (tertiary/aromatic N) is 2. The maximum absolute atomic E-state index is 12.4. The van der Waals surface area contributed by atoms with Crippen LogP contribution in [0.3, 0.4) is 0 Å². The number of likely N-dealkylation sites (tertiary alicyclic amines) is 1. The number of carbonyl (C=O) groups excluding carboxylic acids is 1.